The van der Waals surface area contributed by atoms with E-state index >= 15 is 0 Å². The van der Waals surface area contributed by atoms with Crippen LogP contribution in [0.25, 0.3) is 0 Å². The molecule has 2 rings (SSSR count). The van der Waals surface area contributed by atoms with Crippen molar-refractivity contribution in [3.05, 3.63) is 60.1 Å². The van der Waals surface area contributed by atoms with E-state index in [9.17, 15) is 9.59 Å². The number of carbonyl (C=O) groups excluding carboxylic acids is 2. The van der Waals surface area contributed by atoms with Crippen molar-refractivity contribution in [3.8, 4) is 0 Å². The molecule has 1 heterocycles. The number of benzene rings is 1. The second-order valence-electron chi connectivity index (χ2n) is 4.30. The van der Waals surface area contributed by atoms with Gasteiger partial charge in [-0.1, -0.05) is 30.3 Å². The van der Waals surface area contributed by atoms with E-state index in [0.29, 0.717) is 12.3 Å². The monoisotopic (exact) mass is 272 g/mol. The van der Waals surface area contributed by atoms with Crippen LogP contribution < -0.4 is 10.6 Å². The molecule has 0 radical (unpaired) electrons. The lowest BCUT2D eigenvalue weighted by Crippen LogP contribution is -2.37. The molecular formula is C15H16N2O3. The van der Waals surface area contributed by atoms with E-state index in [2.05, 4.69) is 10.6 Å². The fourth-order valence-corrected chi connectivity index (χ4v) is 1.68. The smallest absolute Gasteiger partial charge is 0.239 e. The van der Waals surface area contributed by atoms with Gasteiger partial charge in [0.15, 0.2) is 0 Å². The molecule has 0 saturated heterocycles. The number of rotatable bonds is 6. The molecular weight excluding hydrogens is 256 g/mol. The summed E-state index contributed by atoms with van der Waals surface area (Å²) in [5.74, 6) is 0.251. The lowest BCUT2D eigenvalue weighted by molar-refractivity contribution is -0.125. The number of furan rings is 1. The highest BCUT2D eigenvalue weighted by molar-refractivity contribution is 5.85. The number of hydrogen-bond acceptors (Lipinski definition) is 3. The molecule has 0 atom stereocenters. The van der Waals surface area contributed by atoms with Crippen LogP contribution in [0.2, 0.25) is 0 Å². The van der Waals surface area contributed by atoms with Gasteiger partial charge in [-0.15, -0.1) is 0 Å². The average Bonchev–Trinajstić information content (AvgIpc) is 2.97. The minimum absolute atomic E-state index is 0.0353. The maximum Gasteiger partial charge on any atom is 0.239 e. The van der Waals surface area contributed by atoms with E-state index in [-0.39, 0.29) is 24.8 Å². The van der Waals surface area contributed by atoms with Gasteiger partial charge in [0, 0.05) is 0 Å². The molecule has 5 heteroatoms. The lowest BCUT2D eigenvalue weighted by Gasteiger charge is -2.06. The second-order valence-corrected chi connectivity index (χ2v) is 4.30. The maximum absolute atomic E-state index is 11.6. The molecule has 1 aromatic carbocycles. The second kappa shape index (κ2) is 7.13. The van der Waals surface area contributed by atoms with Gasteiger partial charge in [-0.05, 0) is 17.7 Å². The predicted molar refractivity (Wildman–Crippen MR) is 73.7 cm³/mol. The van der Waals surface area contributed by atoms with Crippen molar-refractivity contribution in [1.29, 1.82) is 0 Å². The first-order valence-electron chi connectivity index (χ1n) is 6.34. The van der Waals surface area contributed by atoms with E-state index in [1.54, 1.807) is 18.4 Å². The molecule has 0 aliphatic rings. The van der Waals surface area contributed by atoms with Crippen molar-refractivity contribution in [2.75, 3.05) is 6.54 Å². The van der Waals surface area contributed by atoms with Gasteiger partial charge in [0.2, 0.25) is 11.8 Å². The Hall–Kier alpha value is -2.56. The Bertz CT molecular complexity index is 550. The van der Waals surface area contributed by atoms with Gasteiger partial charge in [0.1, 0.15) is 5.76 Å². The Morgan fingerprint density at radius 2 is 1.75 bits per heavy atom. The van der Waals surface area contributed by atoms with Crippen molar-refractivity contribution in [1.82, 2.24) is 10.6 Å². The Kier molecular flexibility index (Phi) is 4.94. The molecule has 0 aliphatic heterocycles. The molecule has 1 aromatic heterocycles. The minimum Gasteiger partial charge on any atom is -0.467 e. The molecule has 2 amide bonds. The topological polar surface area (TPSA) is 71.3 Å². The lowest BCUT2D eigenvalue weighted by atomic mass is 10.1. The molecule has 0 bridgehead atoms. The van der Waals surface area contributed by atoms with Gasteiger partial charge in [0.25, 0.3) is 0 Å². The van der Waals surface area contributed by atoms with Crippen molar-refractivity contribution in [2.45, 2.75) is 13.0 Å². The Balaban J connectivity index is 1.66. The molecule has 104 valence electrons. The zero-order valence-electron chi connectivity index (χ0n) is 11.0. The normalized spacial score (nSPS) is 10.0. The zero-order valence-corrected chi connectivity index (χ0v) is 11.0. The SMILES string of the molecule is O=C(CNC(=O)Cc1ccccc1)NCc1ccco1. The molecule has 0 aliphatic carbocycles. The average molecular weight is 272 g/mol. The quantitative estimate of drug-likeness (QED) is 0.831. The molecule has 0 saturated carbocycles. The fourth-order valence-electron chi connectivity index (χ4n) is 1.68. The van der Waals surface area contributed by atoms with Gasteiger partial charge in [0.05, 0.1) is 25.8 Å². The van der Waals surface area contributed by atoms with Crippen molar-refractivity contribution in [3.63, 3.8) is 0 Å². The summed E-state index contributed by atoms with van der Waals surface area (Å²) in [4.78, 5) is 23.2. The molecule has 2 aromatic rings. The summed E-state index contributed by atoms with van der Waals surface area (Å²) in [7, 11) is 0. The van der Waals surface area contributed by atoms with Gasteiger partial charge < -0.3 is 15.1 Å². The first-order chi connectivity index (χ1) is 9.74. The largest absolute Gasteiger partial charge is 0.467 e. The van der Waals surface area contributed by atoms with Crippen molar-refractivity contribution < 1.29 is 14.0 Å². The van der Waals surface area contributed by atoms with Gasteiger partial charge in [-0.3, -0.25) is 9.59 Å². The molecule has 0 fully saturated rings. The molecule has 20 heavy (non-hydrogen) atoms. The van der Waals surface area contributed by atoms with Crippen LogP contribution >= 0.6 is 0 Å². The first kappa shape index (κ1) is 13.9. The fraction of sp³-hybridized carbons (Fsp3) is 0.200. The van der Waals surface area contributed by atoms with Gasteiger partial charge in [-0.2, -0.15) is 0 Å². The standard InChI is InChI=1S/C15H16N2O3/c18-14(9-12-5-2-1-3-6-12)17-11-15(19)16-10-13-7-4-8-20-13/h1-8H,9-11H2,(H,16,19)(H,17,18). The number of carbonyl (C=O) groups is 2. The Morgan fingerprint density at radius 3 is 2.45 bits per heavy atom. The van der Waals surface area contributed by atoms with Gasteiger partial charge >= 0.3 is 0 Å². The third-order valence-corrected chi connectivity index (χ3v) is 2.69. The van der Waals surface area contributed by atoms with E-state index in [4.69, 9.17) is 4.42 Å². The maximum atomic E-state index is 11.6. The molecule has 2 N–H and O–H groups in total. The number of hydrogen-bond donors (Lipinski definition) is 2. The van der Waals surface area contributed by atoms with E-state index in [1.165, 1.54) is 0 Å². The van der Waals surface area contributed by atoms with Crippen LogP contribution in [0.5, 0.6) is 0 Å². The first-order valence-corrected chi connectivity index (χ1v) is 6.34. The van der Waals surface area contributed by atoms with Crippen molar-refractivity contribution >= 4 is 11.8 Å². The number of nitrogens with one attached hydrogen (secondary N) is 2. The summed E-state index contributed by atoms with van der Waals surface area (Å²) < 4.78 is 5.09. The molecule has 5 nitrogen and oxygen atoms in total. The van der Waals surface area contributed by atoms with Crippen LogP contribution in [-0.2, 0) is 22.6 Å². The van der Waals surface area contributed by atoms with Crippen LogP contribution in [0, 0.1) is 0 Å². The van der Waals surface area contributed by atoms with Crippen LogP contribution in [0.3, 0.4) is 0 Å². The third kappa shape index (κ3) is 4.61. The number of amides is 2. The summed E-state index contributed by atoms with van der Waals surface area (Å²) in [6.07, 6.45) is 1.81. The highest BCUT2D eigenvalue weighted by Crippen LogP contribution is 1.99. The van der Waals surface area contributed by atoms with Crippen LogP contribution in [-0.4, -0.2) is 18.4 Å². The summed E-state index contributed by atoms with van der Waals surface area (Å²) in [5.41, 5.74) is 0.918. The van der Waals surface area contributed by atoms with Crippen LogP contribution in [0.15, 0.2) is 53.1 Å². The molecule has 0 spiro atoms. The highest BCUT2D eigenvalue weighted by atomic mass is 16.3. The van der Waals surface area contributed by atoms with E-state index in [1.807, 2.05) is 30.3 Å². The highest BCUT2D eigenvalue weighted by Gasteiger charge is 2.06. The van der Waals surface area contributed by atoms with E-state index < -0.39 is 0 Å². The van der Waals surface area contributed by atoms with Gasteiger partial charge in [-0.25, -0.2) is 0 Å². The summed E-state index contributed by atoms with van der Waals surface area (Å²) in [6.45, 7) is 0.284. The summed E-state index contributed by atoms with van der Waals surface area (Å²) >= 11 is 0. The zero-order chi connectivity index (χ0) is 14.2. The van der Waals surface area contributed by atoms with Crippen molar-refractivity contribution in [2.24, 2.45) is 0 Å². The Morgan fingerprint density at radius 1 is 0.950 bits per heavy atom. The third-order valence-electron chi connectivity index (χ3n) is 2.69. The van der Waals surface area contributed by atoms with Crippen LogP contribution in [0.1, 0.15) is 11.3 Å². The minimum atomic E-state index is -0.247. The predicted octanol–water partition coefficient (Wildman–Crippen LogP) is 1.25. The Labute approximate surface area is 117 Å². The van der Waals surface area contributed by atoms with E-state index in [0.717, 1.165) is 5.56 Å². The van der Waals surface area contributed by atoms with Crippen LogP contribution in [0.4, 0.5) is 0 Å². The summed E-state index contributed by atoms with van der Waals surface area (Å²) in [5, 5.41) is 5.24. The molecule has 0 unspecified atom stereocenters. The summed E-state index contributed by atoms with van der Waals surface area (Å²) in [6, 6.07) is 12.9.